The molecule has 0 aliphatic carbocycles. The zero-order chi connectivity index (χ0) is 20.1. The van der Waals surface area contributed by atoms with Gasteiger partial charge in [0.1, 0.15) is 30.5 Å². The first-order valence-electron chi connectivity index (χ1n) is 9.64. The molecular formula is C20H23N7O2. The summed E-state index contributed by atoms with van der Waals surface area (Å²) in [6.45, 7) is 5.37. The summed E-state index contributed by atoms with van der Waals surface area (Å²) in [5.41, 5.74) is 0.995. The zero-order valence-electron chi connectivity index (χ0n) is 16.3. The predicted molar refractivity (Wildman–Crippen MR) is 107 cm³/mol. The highest BCUT2D eigenvalue weighted by Crippen LogP contribution is 2.17. The van der Waals surface area contributed by atoms with Gasteiger partial charge in [0.25, 0.3) is 0 Å². The fourth-order valence-corrected chi connectivity index (χ4v) is 3.30. The smallest absolute Gasteiger partial charge is 0.227 e. The number of rotatable bonds is 6. The van der Waals surface area contributed by atoms with Crippen molar-refractivity contribution in [1.29, 1.82) is 0 Å². The van der Waals surface area contributed by atoms with E-state index in [2.05, 4.69) is 25.0 Å². The molecule has 1 saturated heterocycles. The van der Waals surface area contributed by atoms with E-state index in [4.69, 9.17) is 4.74 Å². The molecule has 0 unspecified atom stereocenters. The second kappa shape index (κ2) is 8.68. The normalized spacial score (nSPS) is 14.1. The number of nitrogens with zero attached hydrogens (tertiary/aromatic N) is 7. The summed E-state index contributed by atoms with van der Waals surface area (Å²) in [5.74, 6) is 2.46. The number of carbonyl (C=O) groups excluding carboxylic acids is 1. The quantitative estimate of drug-likeness (QED) is 0.624. The molecule has 150 valence electrons. The van der Waals surface area contributed by atoms with E-state index in [9.17, 15) is 4.79 Å². The van der Waals surface area contributed by atoms with Crippen molar-refractivity contribution < 1.29 is 9.53 Å². The number of piperazine rings is 1. The third-order valence-electron chi connectivity index (χ3n) is 4.84. The Hall–Kier alpha value is -3.49. The fraction of sp³-hybridized carbons (Fsp3) is 0.350. The summed E-state index contributed by atoms with van der Waals surface area (Å²) in [5, 5.41) is 4.10. The van der Waals surface area contributed by atoms with E-state index < -0.39 is 0 Å². The number of amides is 1. The van der Waals surface area contributed by atoms with E-state index in [0.29, 0.717) is 31.9 Å². The molecule has 1 amide bonds. The van der Waals surface area contributed by atoms with Gasteiger partial charge in [-0.15, -0.1) is 0 Å². The topological polar surface area (TPSA) is 89.3 Å². The Morgan fingerprint density at radius 2 is 1.79 bits per heavy atom. The Balaban J connectivity index is 1.33. The van der Waals surface area contributed by atoms with Crippen LogP contribution in [0.4, 0.5) is 5.82 Å². The van der Waals surface area contributed by atoms with Gasteiger partial charge in [0.2, 0.25) is 5.91 Å². The lowest BCUT2D eigenvalue weighted by Gasteiger charge is -2.35. The number of hydrogen-bond acceptors (Lipinski definition) is 7. The van der Waals surface area contributed by atoms with Crippen molar-refractivity contribution in [2.75, 3.05) is 37.7 Å². The molecule has 0 bridgehead atoms. The Bertz CT molecular complexity index is 936. The molecule has 0 spiro atoms. The van der Waals surface area contributed by atoms with Crippen LogP contribution < -0.4 is 9.64 Å². The molecular weight excluding hydrogens is 370 g/mol. The lowest BCUT2D eigenvalue weighted by atomic mass is 10.1. The Morgan fingerprint density at radius 1 is 1.03 bits per heavy atom. The van der Waals surface area contributed by atoms with Gasteiger partial charge >= 0.3 is 0 Å². The van der Waals surface area contributed by atoms with Crippen molar-refractivity contribution in [3.63, 3.8) is 0 Å². The van der Waals surface area contributed by atoms with Gasteiger partial charge in [-0.05, 0) is 24.6 Å². The van der Waals surface area contributed by atoms with Gasteiger partial charge < -0.3 is 14.5 Å². The fourth-order valence-electron chi connectivity index (χ4n) is 3.30. The molecule has 3 heterocycles. The standard InChI is InChI=1S/C20H23N7O2/c1-2-29-17-5-3-16(4-6-17)11-20(28)26-9-7-25(8-10-26)18-12-19(23-14-22-18)27-15-21-13-24-27/h3-6,12-15H,2,7-11H2,1H3. The molecule has 29 heavy (non-hydrogen) atoms. The van der Waals surface area contributed by atoms with Crippen LogP contribution in [0.2, 0.25) is 0 Å². The van der Waals surface area contributed by atoms with E-state index in [1.165, 1.54) is 12.7 Å². The van der Waals surface area contributed by atoms with E-state index in [0.717, 1.165) is 30.2 Å². The summed E-state index contributed by atoms with van der Waals surface area (Å²) < 4.78 is 7.05. The first kappa shape index (κ1) is 18.9. The lowest BCUT2D eigenvalue weighted by Crippen LogP contribution is -2.49. The monoisotopic (exact) mass is 393 g/mol. The molecule has 9 nitrogen and oxygen atoms in total. The van der Waals surface area contributed by atoms with Gasteiger partial charge in [-0.1, -0.05) is 12.1 Å². The number of aromatic nitrogens is 5. The van der Waals surface area contributed by atoms with Gasteiger partial charge in [-0.3, -0.25) is 4.79 Å². The molecule has 3 aromatic rings. The molecule has 0 saturated carbocycles. The molecule has 0 atom stereocenters. The maximum absolute atomic E-state index is 12.7. The van der Waals surface area contributed by atoms with Crippen LogP contribution in [0.25, 0.3) is 5.82 Å². The SMILES string of the molecule is CCOc1ccc(CC(=O)N2CCN(c3cc(-n4cncn4)ncn3)CC2)cc1. The van der Waals surface area contributed by atoms with Gasteiger partial charge in [-0.2, -0.15) is 5.10 Å². The van der Waals surface area contributed by atoms with Crippen LogP contribution >= 0.6 is 0 Å². The molecule has 1 aromatic carbocycles. The third kappa shape index (κ3) is 4.50. The summed E-state index contributed by atoms with van der Waals surface area (Å²) >= 11 is 0. The zero-order valence-corrected chi connectivity index (χ0v) is 16.3. The van der Waals surface area contributed by atoms with Gasteiger partial charge in [0.05, 0.1) is 13.0 Å². The largest absolute Gasteiger partial charge is 0.494 e. The highest BCUT2D eigenvalue weighted by molar-refractivity contribution is 5.79. The summed E-state index contributed by atoms with van der Waals surface area (Å²) in [4.78, 5) is 29.3. The molecule has 0 radical (unpaired) electrons. The number of hydrogen-bond donors (Lipinski definition) is 0. The van der Waals surface area contributed by atoms with E-state index in [-0.39, 0.29) is 5.91 Å². The van der Waals surface area contributed by atoms with Crippen LogP contribution in [0.1, 0.15) is 12.5 Å². The molecule has 0 N–H and O–H groups in total. The molecule has 4 rings (SSSR count). The summed E-state index contributed by atoms with van der Waals surface area (Å²) in [7, 11) is 0. The second-order valence-corrected chi connectivity index (χ2v) is 6.70. The minimum absolute atomic E-state index is 0.139. The minimum Gasteiger partial charge on any atom is -0.494 e. The van der Waals surface area contributed by atoms with Crippen LogP contribution in [0.3, 0.4) is 0 Å². The van der Waals surface area contributed by atoms with Crippen molar-refractivity contribution in [2.45, 2.75) is 13.3 Å². The van der Waals surface area contributed by atoms with Crippen LogP contribution in [0.5, 0.6) is 5.75 Å². The average molecular weight is 393 g/mol. The van der Waals surface area contributed by atoms with Crippen LogP contribution in [-0.2, 0) is 11.2 Å². The van der Waals surface area contributed by atoms with Gasteiger partial charge in [-0.25, -0.2) is 19.6 Å². The van der Waals surface area contributed by atoms with Crippen LogP contribution in [0.15, 0.2) is 49.3 Å². The summed E-state index contributed by atoms with van der Waals surface area (Å²) in [6.07, 6.45) is 4.99. The first-order chi connectivity index (χ1) is 14.2. The number of anilines is 1. The van der Waals surface area contributed by atoms with Crippen LogP contribution in [0, 0.1) is 0 Å². The van der Waals surface area contributed by atoms with E-state index in [1.54, 1.807) is 11.0 Å². The third-order valence-corrected chi connectivity index (χ3v) is 4.84. The number of ether oxygens (including phenoxy) is 1. The molecule has 9 heteroatoms. The molecule has 1 fully saturated rings. The maximum atomic E-state index is 12.7. The molecule has 1 aliphatic heterocycles. The number of benzene rings is 1. The van der Waals surface area contributed by atoms with Gasteiger partial charge in [0.15, 0.2) is 5.82 Å². The average Bonchev–Trinajstić information content (AvgIpc) is 3.31. The van der Waals surface area contributed by atoms with Gasteiger partial charge in [0, 0.05) is 32.2 Å². The van der Waals surface area contributed by atoms with Crippen molar-refractivity contribution in [2.24, 2.45) is 0 Å². The highest BCUT2D eigenvalue weighted by Gasteiger charge is 2.22. The highest BCUT2D eigenvalue weighted by atomic mass is 16.5. The summed E-state index contributed by atoms with van der Waals surface area (Å²) in [6, 6.07) is 9.60. The molecule has 2 aromatic heterocycles. The lowest BCUT2D eigenvalue weighted by molar-refractivity contribution is -0.130. The van der Waals surface area contributed by atoms with Crippen molar-refractivity contribution >= 4 is 11.7 Å². The van der Waals surface area contributed by atoms with Crippen molar-refractivity contribution in [3.8, 4) is 11.6 Å². The Morgan fingerprint density at radius 3 is 2.48 bits per heavy atom. The first-order valence-corrected chi connectivity index (χ1v) is 9.64. The Labute approximate surface area is 169 Å². The molecule has 1 aliphatic rings. The second-order valence-electron chi connectivity index (χ2n) is 6.70. The van der Waals surface area contributed by atoms with E-state index in [1.807, 2.05) is 42.2 Å². The minimum atomic E-state index is 0.139. The maximum Gasteiger partial charge on any atom is 0.227 e. The van der Waals surface area contributed by atoms with Crippen molar-refractivity contribution in [1.82, 2.24) is 29.6 Å². The Kier molecular flexibility index (Phi) is 5.64. The number of carbonyl (C=O) groups is 1. The van der Waals surface area contributed by atoms with Crippen molar-refractivity contribution in [3.05, 3.63) is 54.9 Å². The van der Waals surface area contributed by atoms with E-state index >= 15 is 0 Å². The predicted octanol–water partition coefficient (Wildman–Crippen LogP) is 1.35. The van der Waals surface area contributed by atoms with Crippen LogP contribution in [-0.4, -0.2) is 68.3 Å².